The van der Waals surface area contributed by atoms with E-state index in [1.807, 2.05) is 0 Å². The van der Waals surface area contributed by atoms with Crippen LogP contribution in [0.5, 0.6) is 0 Å². The first-order valence-electron chi connectivity index (χ1n) is 3.94. The van der Waals surface area contributed by atoms with Gasteiger partial charge in [-0.05, 0) is 12.8 Å². The second-order valence-electron chi connectivity index (χ2n) is 2.53. The van der Waals surface area contributed by atoms with E-state index in [0.29, 0.717) is 6.54 Å². The molecule has 0 bridgehead atoms. The number of hydrogen-bond acceptors (Lipinski definition) is 1. The van der Waals surface area contributed by atoms with E-state index in [2.05, 4.69) is 5.32 Å². The number of nitrogens with one attached hydrogen (secondary N) is 1. The van der Waals surface area contributed by atoms with Crippen molar-refractivity contribution in [1.82, 2.24) is 5.32 Å². The van der Waals surface area contributed by atoms with Crippen molar-refractivity contribution in [3.8, 4) is 0 Å². The van der Waals surface area contributed by atoms with Crippen LogP contribution in [-0.4, -0.2) is 17.4 Å². The van der Waals surface area contributed by atoms with Gasteiger partial charge < -0.3 is 11.1 Å². The normalized spacial score (nSPS) is 10.2. The summed E-state index contributed by atoms with van der Waals surface area (Å²) in [6.07, 6.45) is 3.72. The molecule has 0 aromatic rings. The average molecular weight is 213 g/mol. The molecule has 0 aliphatic carbocycles. The van der Waals surface area contributed by atoms with Crippen molar-refractivity contribution in [3.63, 3.8) is 0 Å². The number of amides is 2. The molecular formula is C7H14Cl2N2O. The maximum Gasteiger partial charge on any atom is 0.312 e. The lowest BCUT2D eigenvalue weighted by Crippen LogP contribution is -2.29. The van der Waals surface area contributed by atoms with Gasteiger partial charge in [-0.15, -0.1) is 23.2 Å². The first-order valence-corrected chi connectivity index (χ1v) is 4.81. The van der Waals surface area contributed by atoms with Gasteiger partial charge in [0.2, 0.25) is 0 Å². The minimum atomic E-state index is -0.470. The molecular weight excluding hydrogens is 199 g/mol. The lowest BCUT2D eigenvalue weighted by Gasteiger charge is -2.02. The summed E-state index contributed by atoms with van der Waals surface area (Å²) >= 11 is 11.0. The summed E-state index contributed by atoms with van der Waals surface area (Å²) in [5.74, 6) is 0. The predicted molar refractivity (Wildman–Crippen MR) is 51.5 cm³/mol. The number of carbonyl (C=O) groups excluding carboxylic acids is 1. The van der Waals surface area contributed by atoms with Crippen molar-refractivity contribution in [2.75, 3.05) is 6.54 Å². The van der Waals surface area contributed by atoms with Gasteiger partial charge in [0.05, 0.1) is 0 Å². The fraction of sp³-hybridized carbons (Fsp3) is 0.857. The van der Waals surface area contributed by atoms with E-state index in [1.165, 1.54) is 0 Å². The molecule has 0 unspecified atom stereocenters. The van der Waals surface area contributed by atoms with Crippen molar-refractivity contribution in [1.29, 1.82) is 0 Å². The molecule has 0 aliphatic rings. The molecule has 0 atom stereocenters. The van der Waals surface area contributed by atoms with Gasteiger partial charge in [-0.1, -0.05) is 12.8 Å². The van der Waals surface area contributed by atoms with Gasteiger partial charge in [-0.3, -0.25) is 0 Å². The number of unbranched alkanes of at least 4 members (excludes halogenated alkanes) is 2. The number of urea groups is 1. The van der Waals surface area contributed by atoms with Crippen LogP contribution in [0.3, 0.4) is 0 Å². The van der Waals surface area contributed by atoms with Gasteiger partial charge in [0.15, 0.2) is 0 Å². The molecule has 12 heavy (non-hydrogen) atoms. The standard InChI is InChI=1S/C7H14Cl2N2O/c8-6(9)4-2-1-3-5-11-7(10)12/h6H,1-5H2,(H3,10,11,12). The van der Waals surface area contributed by atoms with Crippen molar-refractivity contribution in [2.24, 2.45) is 5.73 Å². The predicted octanol–water partition coefficient (Wildman–Crippen LogP) is 2.02. The largest absolute Gasteiger partial charge is 0.352 e. The lowest BCUT2D eigenvalue weighted by molar-refractivity contribution is 0.248. The number of rotatable bonds is 6. The van der Waals surface area contributed by atoms with E-state index in [0.717, 1.165) is 25.7 Å². The molecule has 3 nitrogen and oxygen atoms in total. The molecule has 0 saturated heterocycles. The third kappa shape index (κ3) is 9.85. The number of carbonyl (C=O) groups is 1. The Morgan fingerprint density at radius 1 is 1.33 bits per heavy atom. The summed E-state index contributed by atoms with van der Waals surface area (Å²) in [6, 6.07) is -0.470. The molecule has 0 aliphatic heterocycles. The molecule has 0 fully saturated rings. The number of halogens is 2. The van der Waals surface area contributed by atoms with Crippen LogP contribution in [-0.2, 0) is 0 Å². The highest BCUT2D eigenvalue weighted by Crippen LogP contribution is 2.11. The van der Waals surface area contributed by atoms with Gasteiger partial charge in [0, 0.05) is 6.54 Å². The SMILES string of the molecule is NC(=O)NCCCCCC(Cl)Cl. The zero-order chi connectivity index (χ0) is 9.40. The van der Waals surface area contributed by atoms with E-state index in [4.69, 9.17) is 28.9 Å². The number of nitrogens with two attached hydrogens (primary N) is 1. The fourth-order valence-corrected chi connectivity index (χ4v) is 1.12. The summed E-state index contributed by atoms with van der Waals surface area (Å²) < 4.78 is 0. The van der Waals surface area contributed by atoms with Gasteiger partial charge in [0.25, 0.3) is 0 Å². The highest BCUT2D eigenvalue weighted by molar-refractivity contribution is 6.44. The molecule has 72 valence electrons. The molecule has 0 spiro atoms. The quantitative estimate of drug-likeness (QED) is 0.514. The van der Waals surface area contributed by atoms with E-state index in [1.54, 1.807) is 0 Å². The van der Waals surface area contributed by atoms with Crippen LogP contribution in [0.1, 0.15) is 25.7 Å². The molecule has 0 aromatic heterocycles. The first kappa shape index (κ1) is 11.8. The third-order valence-electron chi connectivity index (χ3n) is 1.40. The van der Waals surface area contributed by atoms with E-state index >= 15 is 0 Å². The minimum Gasteiger partial charge on any atom is -0.352 e. The summed E-state index contributed by atoms with van der Waals surface area (Å²) in [5.41, 5.74) is 4.86. The van der Waals surface area contributed by atoms with Crippen LogP contribution in [0.25, 0.3) is 0 Å². The summed E-state index contributed by atoms with van der Waals surface area (Å²) in [6.45, 7) is 0.630. The third-order valence-corrected chi connectivity index (χ3v) is 1.83. The highest BCUT2D eigenvalue weighted by atomic mass is 35.5. The number of hydrogen-bond donors (Lipinski definition) is 2. The molecule has 3 N–H and O–H groups in total. The van der Waals surface area contributed by atoms with Crippen LogP contribution < -0.4 is 11.1 Å². The molecule has 2 amide bonds. The Bertz CT molecular complexity index is 131. The average Bonchev–Trinajstić information content (AvgIpc) is 1.95. The van der Waals surface area contributed by atoms with Crippen LogP contribution in [0.15, 0.2) is 0 Å². The van der Waals surface area contributed by atoms with Gasteiger partial charge in [0.1, 0.15) is 4.84 Å². The molecule has 0 saturated carbocycles. The lowest BCUT2D eigenvalue weighted by atomic mass is 10.2. The second-order valence-corrected chi connectivity index (χ2v) is 3.81. The smallest absolute Gasteiger partial charge is 0.312 e. The van der Waals surface area contributed by atoms with Crippen LogP contribution >= 0.6 is 23.2 Å². The van der Waals surface area contributed by atoms with Crippen molar-refractivity contribution in [2.45, 2.75) is 30.5 Å². The summed E-state index contributed by atoms with van der Waals surface area (Å²) in [4.78, 5) is 9.94. The Kier molecular flexibility index (Phi) is 7.40. The van der Waals surface area contributed by atoms with E-state index < -0.39 is 6.03 Å². The molecule has 0 radical (unpaired) electrons. The van der Waals surface area contributed by atoms with Crippen molar-refractivity contribution >= 4 is 29.2 Å². The van der Waals surface area contributed by atoms with Crippen molar-refractivity contribution in [3.05, 3.63) is 0 Å². The van der Waals surface area contributed by atoms with Gasteiger partial charge >= 0.3 is 6.03 Å². The van der Waals surface area contributed by atoms with Crippen molar-refractivity contribution < 1.29 is 4.79 Å². The highest BCUT2D eigenvalue weighted by Gasteiger charge is 1.97. The zero-order valence-corrected chi connectivity index (χ0v) is 8.37. The minimum absolute atomic E-state index is 0.269. The van der Waals surface area contributed by atoms with Crippen LogP contribution in [0.2, 0.25) is 0 Å². The number of alkyl halides is 2. The van der Waals surface area contributed by atoms with Crippen LogP contribution in [0, 0.1) is 0 Å². The summed E-state index contributed by atoms with van der Waals surface area (Å²) in [7, 11) is 0. The molecule has 0 heterocycles. The topological polar surface area (TPSA) is 55.1 Å². The Hall–Kier alpha value is -0.150. The van der Waals surface area contributed by atoms with E-state index in [-0.39, 0.29) is 4.84 Å². The monoisotopic (exact) mass is 212 g/mol. The molecule has 0 rings (SSSR count). The van der Waals surface area contributed by atoms with Gasteiger partial charge in [-0.25, -0.2) is 4.79 Å². The first-order chi connectivity index (χ1) is 5.63. The zero-order valence-electron chi connectivity index (χ0n) is 6.85. The Morgan fingerprint density at radius 3 is 2.50 bits per heavy atom. The van der Waals surface area contributed by atoms with Crippen LogP contribution in [0.4, 0.5) is 4.79 Å². The summed E-state index contributed by atoms with van der Waals surface area (Å²) in [5, 5.41) is 2.51. The Morgan fingerprint density at radius 2 is 2.00 bits per heavy atom. The van der Waals surface area contributed by atoms with E-state index in [9.17, 15) is 4.79 Å². The number of primary amides is 1. The van der Waals surface area contributed by atoms with Gasteiger partial charge in [-0.2, -0.15) is 0 Å². The molecule has 5 heteroatoms. The maximum atomic E-state index is 10.2. The Balaban J connectivity index is 2.96. The Labute approximate surface area is 82.6 Å². The molecule has 0 aromatic carbocycles. The second kappa shape index (κ2) is 7.50. The maximum absolute atomic E-state index is 10.2. The fourth-order valence-electron chi connectivity index (χ4n) is 0.812.